The Balaban J connectivity index is 2.42. The van der Waals surface area contributed by atoms with Gasteiger partial charge in [-0.15, -0.1) is 0 Å². The van der Waals surface area contributed by atoms with Gasteiger partial charge in [0.25, 0.3) is 0 Å². The van der Waals surface area contributed by atoms with E-state index in [4.69, 9.17) is 5.73 Å². The number of hydrogen-bond donors (Lipinski definition) is 1. The van der Waals surface area contributed by atoms with Gasteiger partial charge < -0.3 is 5.73 Å². The summed E-state index contributed by atoms with van der Waals surface area (Å²) in [6.45, 7) is 0.530. The van der Waals surface area contributed by atoms with Gasteiger partial charge in [-0.3, -0.25) is 9.97 Å². The average molecular weight is 185 g/mol. The van der Waals surface area contributed by atoms with Gasteiger partial charge in [-0.2, -0.15) is 0 Å². The Kier molecular flexibility index (Phi) is 2.51. The predicted molar refractivity (Wildman–Crippen MR) is 55.4 cm³/mol. The van der Waals surface area contributed by atoms with Crippen LogP contribution in [0.1, 0.15) is 5.56 Å². The van der Waals surface area contributed by atoms with E-state index in [1.54, 1.807) is 12.4 Å². The van der Waals surface area contributed by atoms with Crippen molar-refractivity contribution in [2.75, 3.05) is 0 Å². The van der Waals surface area contributed by atoms with Gasteiger partial charge in [0.05, 0.1) is 11.4 Å². The van der Waals surface area contributed by atoms with Crippen molar-refractivity contribution >= 4 is 0 Å². The Morgan fingerprint density at radius 1 is 1.00 bits per heavy atom. The molecule has 0 atom stereocenters. The maximum Gasteiger partial charge on any atom is 0.0889 e. The third-order valence-corrected chi connectivity index (χ3v) is 1.99. The Morgan fingerprint density at radius 2 is 1.86 bits per heavy atom. The summed E-state index contributed by atoms with van der Waals surface area (Å²) in [5, 5.41) is 0. The second-order valence-electron chi connectivity index (χ2n) is 2.97. The van der Waals surface area contributed by atoms with Crippen LogP contribution in [0.2, 0.25) is 0 Å². The van der Waals surface area contributed by atoms with Crippen molar-refractivity contribution in [1.82, 2.24) is 9.97 Å². The van der Waals surface area contributed by atoms with Gasteiger partial charge in [0, 0.05) is 18.9 Å². The highest BCUT2D eigenvalue weighted by atomic mass is 14.8. The van der Waals surface area contributed by atoms with E-state index >= 15 is 0 Å². The molecule has 0 saturated heterocycles. The van der Waals surface area contributed by atoms with Crippen molar-refractivity contribution in [3.8, 4) is 11.4 Å². The SMILES string of the molecule is NCc1ccnc(-c2ccccn2)c1. The largest absolute Gasteiger partial charge is 0.326 e. The summed E-state index contributed by atoms with van der Waals surface area (Å²) in [6, 6.07) is 9.63. The van der Waals surface area contributed by atoms with E-state index < -0.39 is 0 Å². The van der Waals surface area contributed by atoms with Crippen molar-refractivity contribution in [2.45, 2.75) is 6.54 Å². The quantitative estimate of drug-likeness (QED) is 0.773. The van der Waals surface area contributed by atoms with Gasteiger partial charge in [-0.25, -0.2) is 0 Å². The Labute approximate surface area is 82.6 Å². The zero-order valence-electron chi connectivity index (χ0n) is 7.72. The third-order valence-electron chi connectivity index (χ3n) is 1.99. The number of hydrogen-bond acceptors (Lipinski definition) is 3. The number of nitrogens with zero attached hydrogens (tertiary/aromatic N) is 2. The van der Waals surface area contributed by atoms with Crippen LogP contribution in [0.5, 0.6) is 0 Å². The number of nitrogens with two attached hydrogens (primary N) is 1. The number of aromatic nitrogens is 2. The zero-order valence-corrected chi connectivity index (χ0v) is 7.72. The van der Waals surface area contributed by atoms with E-state index in [1.165, 1.54) is 0 Å². The first kappa shape index (κ1) is 8.84. The molecule has 0 aliphatic heterocycles. The minimum absolute atomic E-state index is 0.530. The van der Waals surface area contributed by atoms with E-state index in [9.17, 15) is 0 Å². The second kappa shape index (κ2) is 3.98. The fourth-order valence-corrected chi connectivity index (χ4v) is 1.26. The van der Waals surface area contributed by atoms with Gasteiger partial charge in [0.15, 0.2) is 0 Å². The van der Waals surface area contributed by atoms with Crippen LogP contribution in [0.3, 0.4) is 0 Å². The lowest BCUT2D eigenvalue weighted by atomic mass is 10.2. The summed E-state index contributed by atoms with van der Waals surface area (Å²) < 4.78 is 0. The maximum absolute atomic E-state index is 5.55. The molecule has 2 N–H and O–H groups in total. The molecule has 0 bridgehead atoms. The van der Waals surface area contributed by atoms with E-state index in [2.05, 4.69) is 9.97 Å². The van der Waals surface area contributed by atoms with E-state index in [0.717, 1.165) is 17.0 Å². The smallest absolute Gasteiger partial charge is 0.0889 e. The van der Waals surface area contributed by atoms with Crippen molar-refractivity contribution in [3.63, 3.8) is 0 Å². The third kappa shape index (κ3) is 1.78. The minimum atomic E-state index is 0.530. The van der Waals surface area contributed by atoms with Gasteiger partial charge in [0.1, 0.15) is 0 Å². The molecule has 2 aromatic rings. The van der Waals surface area contributed by atoms with Gasteiger partial charge in [-0.1, -0.05) is 6.07 Å². The van der Waals surface area contributed by atoms with Crippen LogP contribution in [-0.2, 0) is 6.54 Å². The van der Waals surface area contributed by atoms with Gasteiger partial charge in [-0.05, 0) is 29.8 Å². The Hall–Kier alpha value is -1.74. The van der Waals surface area contributed by atoms with Crippen LogP contribution in [0.4, 0.5) is 0 Å². The molecule has 14 heavy (non-hydrogen) atoms. The highest BCUT2D eigenvalue weighted by molar-refractivity contribution is 5.54. The zero-order chi connectivity index (χ0) is 9.80. The molecule has 0 fully saturated rings. The van der Waals surface area contributed by atoms with Crippen LogP contribution in [0.25, 0.3) is 11.4 Å². The molecule has 2 rings (SSSR count). The molecule has 70 valence electrons. The lowest BCUT2D eigenvalue weighted by molar-refractivity contribution is 1.06. The van der Waals surface area contributed by atoms with Crippen LogP contribution in [0, 0.1) is 0 Å². The van der Waals surface area contributed by atoms with Crippen LogP contribution in [0.15, 0.2) is 42.7 Å². The predicted octanol–water partition coefficient (Wildman–Crippen LogP) is 1.60. The van der Waals surface area contributed by atoms with Crippen molar-refractivity contribution < 1.29 is 0 Å². The first-order valence-corrected chi connectivity index (χ1v) is 4.46. The highest BCUT2D eigenvalue weighted by Gasteiger charge is 1.99. The van der Waals surface area contributed by atoms with E-state index in [1.807, 2.05) is 30.3 Å². The van der Waals surface area contributed by atoms with E-state index in [-0.39, 0.29) is 0 Å². The molecular formula is C11H11N3. The van der Waals surface area contributed by atoms with Gasteiger partial charge >= 0.3 is 0 Å². The summed E-state index contributed by atoms with van der Waals surface area (Å²) in [6.07, 6.45) is 3.51. The Bertz CT molecular complexity index is 412. The molecule has 0 saturated carbocycles. The molecule has 3 heteroatoms. The second-order valence-corrected chi connectivity index (χ2v) is 2.97. The molecule has 0 spiro atoms. The first-order valence-electron chi connectivity index (χ1n) is 4.46. The molecule has 0 aliphatic carbocycles. The lowest BCUT2D eigenvalue weighted by Gasteiger charge is -2.01. The first-order chi connectivity index (χ1) is 6.90. The Morgan fingerprint density at radius 3 is 2.57 bits per heavy atom. The van der Waals surface area contributed by atoms with Crippen LogP contribution < -0.4 is 5.73 Å². The standard InChI is InChI=1S/C11H11N3/c12-8-9-4-6-14-11(7-9)10-3-1-2-5-13-10/h1-7H,8,12H2. The summed E-state index contributed by atoms with van der Waals surface area (Å²) in [5.41, 5.74) is 8.37. The topological polar surface area (TPSA) is 51.8 Å². The monoisotopic (exact) mass is 185 g/mol. The lowest BCUT2D eigenvalue weighted by Crippen LogP contribution is -1.97. The molecule has 0 amide bonds. The fourth-order valence-electron chi connectivity index (χ4n) is 1.26. The molecule has 0 radical (unpaired) electrons. The normalized spacial score (nSPS) is 10.1. The molecule has 0 aliphatic rings. The van der Waals surface area contributed by atoms with Gasteiger partial charge in [0.2, 0.25) is 0 Å². The van der Waals surface area contributed by atoms with Crippen LogP contribution in [-0.4, -0.2) is 9.97 Å². The molecule has 2 aromatic heterocycles. The summed E-state index contributed by atoms with van der Waals surface area (Å²) in [4.78, 5) is 8.46. The molecular weight excluding hydrogens is 174 g/mol. The molecule has 2 heterocycles. The average Bonchev–Trinajstić information content (AvgIpc) is 2.30. The van der Waals surface area contributed by atoms with Crippen molar-refractivity contribution in [2.24, 2.45) is 5.73 Å². The van der Waals surface area contributed by atoms with E-state index in [0.29, 0.717) is 6.54 Å². The minimum Gasteiger partial charge on any atom is -0.326 e. The number of rotatable bonds is 2. The fraction of sp³-hybridized carbons (Fsp3) is 0.0909. The molecule has 3 nitrogen and oxygen atoms in total. The molecule has 0 aromatic carbocycles. The van der Waals surface area contributed by atoms with Crippen molar-refractivity contribution in [1.29, 1.82) is 0 Å². The summed E-state index contributed by atoms with van der Waals surface area (Å²) >= 11 is 0. The highest BCUT2D eigenvalue weighted by Crippen LogP contribution is 2.13. The van der Waals surface area contributed by atoms with Crippen LogP contribution >= 0.6 is 0 Å². The number of pyridine rings is 2. The van der Waals surface area contributed by atoms with Crippen molar-refractivity contribution in [3.05, 3.63) is 48.3 Å². The summed E-state index contributed by atoms with van der Waals surface area (Å²) in [7, 11) is 0. The summed E-state index contributed by atoms with van der Waals surface area (Å²) in [5.74, 6) is 0. The maximum atomic E-state index is 5.55. The molecule has 0 unspecified atom stereocenters.